The lowest BCUT2D eigenvalue weighted by Crippen LogP contribution is -2.39. The fourth-order valence-corrected chi connectivity index (χ4v) is 4.10. The molecular formula is C19H31N3. The van der Waals surface area contributed by atoms with Gasteiger partial charge < -0.3 is 4.90 Å². The fraction of sp³-hybridized carbons (Fsp3) is 0.737. The molecule has 0 aromatic carbocycles. The van der Waals surface area contributed by atoms with Crippen LogP contribution in [0.5, 0.6) is 0 Å². The van der Waals surface area contributed by atoms with Crippen LogP contribution in [0.15, 0.2) is 12.3 Å². The van der Waals surface area contributed by atoms with Crippen molar-refractivity contribution in [3.63, 3.8) is 0 Å². The Morgan fingerprint density at radius 1 is 1.05 bits per heavy atom. The van der Waals surface area contributed by atoms with E-state index < -0.39 is 0 Å². The monoisotopic (exact) mass is 301 g/mol. The van der Waals surface area contributed by atoms with Gasteiger partial charge in [-0.15, -0.1) is 0 Å². The van der Waals surface area contributed by atoms with Gasteiger partial charge in [-0.1, -0.05) is 6.42 Å². The van der Waals surface area contributed by atoms with Crippen LogP contribution in [0, 0.1) is 6.92 Å². The highest BCUT2D eigenvalue weighted by Gasteiger charge is 2.27. The maximum atomic E-state index is 4.83. The van der Waals surface area contributed by atoms with E-state index in [1.807, 2.05) is 0 Å². The molecule has 0 unspecified atom stereocenters. The van der Waals surface area contributed by atoms with Gasteiger partial charge in [-0.3, -0.25) is 4.90 Å². The Labute approximate surface area is 135 Å². The van der Waals surface area contributed by atoms with Crippen molar-refractivity contribution in [3.05, 3.63) is 23.4 Å². The molecule has 3 rings (SSSR count). The molecule has 1 aromatic heterocycles. The number of pyridine rings is 1. The molecule has 2 aliphatic rings. The van der Waals surface area contributed by atoms with Crippen LogP contribution in [0.1, 0.15) is 69.5 Å². The Kier molecular flexibility index (Phi) is 5.02. The molecule has 0 N–H and O–H groups in total. The minimum Gasteiger partial charge on any atom is -0.357 e. The fourth-order valence-electron chi connectivity index (χ4n) is 4.10. The van der Waals surface area contributed by atoms with Gasteiger partial charge in [-0.2, -0.15) is 0 Å². The predicted octanol–water partition coefficient (Wildman–Crippen LogP) is 4.32. The number of aromatic nitrogens is 1. The molecule has 2 saturated heterocycles. The summed E-state index contributed by atoms with van der Waals surface area (Å²) >= 11 is 0. The zero-order valence-corrected chi connectivity index (χ0v) is 14.5. The van der Waals surface area contributed by atoms with E-state index in [1.165, 1.54) is 75.1 Å². The number of hydrogen-bond acceptors (Lipinski definition) is 3. The minimum atomic E-state index is 0.566. The third kappa shape index (κ3) is 3.29. The van der Waals surface area contributed by atoms with Gasteiger partial charge in [-0.05, 0) is 76.6 Å². The van der Waals surface area contributed by atoms with Gasteiger partial charge in [0.05, 0.1) is 0 Å². The van der Waals surface area contributed by atoms with E-state index in [4.69, 9.17) is 4.98 Å². The highest BCUT2D eigenvalue weighted by molar-refractivity contribution is 5.44. The molecule has 0 amide bonds. The number of hydrogen-bond donors (Lipinski definition) is 0. The summed E-state index contributed by atoms with van der Waals surface area (Å²) in [4.78, 5) is 9.95. The van der Waals surface area contributed by atoms with Crippen LogP contribution in [0.25, 0.3) is 0 Å². The molecular weight excluding hydrogens is 270 g/mol. The maximum absolute atomic E-state index is 4.83. The molecule has 2 aliphatic heterocycles. The number of anilines is 1. The van der Waals surface area contributed by atoms with Gasteiger partial charge in [0.15, 0.2) is 0 Å². The van der Waals surface area contributed by atoms with Gasteiger partial charge in [0, 0.05) is 31.4 Å². The Balaban J connectivity index is 1.81. The number of rotatable bonds is 3. The minimum absolute atomic E-state index is 0.566. The largest absolute Gasteiger partial charge is 0.357 e. The summed E-state index contributed by atoms with van der Waals surface area (Å²) in [6, 6.07) is 3.51. The lowest BCUT2D eigenvalue weighted by molar-refractivity contribution is 0.111. The summed E-state index contributed by atoms with van der Waals surface area (Å²) in [5.74, 6) is 1.19. The van der Waals surface area contributed by atoms with E-state index in [-0.39, 0.29) is 0 Å². The van der Waals surface area contributed by atoms with Crippen molar-refractivity contribution in [2.24, 2.45) is 0 Å². The van der Waals surface area contributed by atoms with E-state index in [2.05, 4.69) is 42.8 Å². The van der Waals surface area contributed by atoms with Crippen LogP contribution < -0.4 is 4.90 Å². The topological polar surface area (TPSA) is 19.4 Å². The van der Waals surface area contributed by atoms with E-state index in [0.717, 1.165) is 0 Å². The van der Waals surface area contributed by atoms with Gasteiger partial charge in [-0.25, -0.2) is 4.98 Å². The Morgan fingerprint density at radius 3 is 2.45 bits per heavy atom. The van der Waals surface area contributed by atoms with E-state index in [1.54, 1.807) is 0 Å². The van der Waals surface area contributed by atoms with Crippen LogP contribution in [0.2, 0.25) is 0 Å². The lowest BCUT2D eigenvalue weighted by Gasteiger charge is -2.39. The smallest absolute Gasteiger partial charge is 0.128 e. The average molecular weight is 301 g/mol. The molecule has 1 atom stereocenters. The van der Waals surface area contributed by atoms with E-state index in [9.17, 15) is 0 Å². The molecule has 122 valence electrons. The third-order valence-electron chi connectivity index (χ3n) is 5.38. The first-order valence-electron chi connectivity index (χ1n) is 9.14. The van der Waals surface area contributed by atoms with Crippen molar-refractivity contribution >= 4 is 5.82 Å². The Hall–Kier alpha value is -1.09. The number of piperidine rings is 2. The second-order valence-electron chi connectivity index (χ2n) is 7.29. The van der Waals surface area contributed by atoms with E-state index in [0.29, 0.717) is 12.1 Å². The van der Waals surface area contributed by atoms with Gasteiger partial charge in [0.1, 0.15) is 5.82 Å². The predicted molar refractivity (Wildman–Crippen MR) is 93.5 cm³/mol. The second kappa shape index (κ2) is 6.99. The number of likely N-dealkylation sites (tertiary alicyclic amines) is 1. The molecule has 0 saturated carbocycles. The normalized spacial score (nSPS) is 24.0. The van der Waals surface area contributed by atoms with Crippen LogP contribution in [0.4, 0.5) is 5.82 Å². The van der Waals surface area contributed by atoms with E-state index >= 15 is 0 Å². The van der Waals surface area contributed by atoms with Gasteiger partial charge in [0.25, 0.3) is 0 Å². The third-order valence-corrected chi connectivity index (χ3v) is 5.38. The zero-order chi connectivity index (χ0) is 15.5. The van der Waals surface area contributed by atoms with Crippen molar-refractivity contribution in [1.82, 2.24) is 9.88 Å². The summed E-state index contributed by atoms with van der Waals surface area (Å²) in [5.41, 5.74) is 2.88. The van der Waals surface area contributed by atoms with Crippen molar-refractivity contribution in [2.45, 2.75) is 71.4 Å². The molecule has 3 heterocycles. The number of nitrogens with zero attached hydrogens (tertiary/aromatic N) is 3. The lowest BCUT2D eigenvalue weighted by atomic mass is 9.92. The van der Waals surface area contributed by atoms with Crippen LogP contribution in [-0.2, 0) is 0 Å². The molecule has 1 aromatic rings. The summed E-state index contributed by atoms with van der Waals surface area (Å²) in [6.07, 6.45) is 10.1. The molecule has 0 bridgehead atoms. The first-order chi connectivity index (χ1) is 10.7. The van der Waals surface area contributed by atoms with Crippen LogP contribution >= 0.6 is 0 Å². The Bertz CT molecular complexity index is 491. The summed E-state index contributed by atoms with van der Waals surface area (Å²) in [5, 5.41) is 0. The maximum Gasteiger partial charge on any atom is 0.128 e. The quantitative estimate of drug-likeness (QED) is 0.829. The standard InChI is InChI=1S/C19H31N3/c1-15(2)22-12-8-5-9-18(22)17-14-20-19(13-16(17)3)21-10-6-4-7-11-21/h13-15,18H,4-12H2,1-3H3/t18-/m0/s1. The molecule has 0 spiro atoms. The molecule has 0 aliphatic carbocycles. The average Bonchev–Trinajstić information content (AvgIpc) is 2.55. The molecule has 3 heteroatoms. The molecule has 22 heavy (non-hydrogen) atoms. The van der Waals surface area contributed by atoms with Crippen LogP contribution in [-0.4, -0.2) is 35.6 Å². The molecule has 0 radical (unpaired) electrons. The van der Waals surface area contributed by atoms with Crippen molar-refractivity contribution in [2.75, 3.05) is 24.5 Å². The highest BCUT2D eigenvalue weighted by atomic mass is 15.2. The van der Waals surface area contributed by atoms with Crippen LogP contribution in [0.3, 0.4) is 0 Å². The molecule has 3 nitrogen and oxygen atoms in total. The van der Waals surface area contributed by atoms with Gasteiger partial charge in [0.2, 0.25) is 0 Å². The highest BCUT2D eigenvalue weighted by Crippen LogP contribution is 2.34. The summed E-state index contributed by atoms with van der Waals surface area (Å²) < 4.78 is 0. The Morgan fingerprint density at radius 2 is 1.77 bits per heavy atom. The summed E-state index contributed by atoms with van der Waals surface area (Å²) in [7, 11) is 0. The van der Waals surface area contributed by atoms with Crippen molar-refractivity contribution in [1.29, 1.82) is 0 Å². The number of aryl methyl sites for hydroxylation is 1. The SMILES string of the molecule is Cc1cc(N2CCCCC2)ncc1[C@@H]1CCCCN1C(C)C. The zero-order valence-electron chi connectivity index (χ0n) is 14.5. The van der Waals surface area contributed by atoms with Crippen molar-refractivity contribution < 1.29 is 0 Å². The first-order valence-corrected chi connectivity index (χ1v) is 9.14. The summed E-state index contributed by atoms with van der Waals surface area (Å²) in [6.45, 7) is 10.5. The van der Waals surface area contributed by atoms with Gasteiger partial charge >= 0.3 is 0 Å². The second-order valence-corrected chi connectivity index (χ2v) is 7.29. The van der Waals surface area contributed by atoms with Crippen molar-refractivity contribution in [3.8, 4) is 0 Å². The first kappa shape index (κ1) is 15.8. The molecule has 2 fully saturated rings.